The molecule has 2 nitrogen and oxygen atoms in total. The van der Waals surface area contributed by atoms with Gasteiger partial charge in [0.15, 0.2) is 0 Å². The van der Waals surface area contributed by atoms with E-state index in [9.17, 15) is 8.78 Å². The predicted octanol–water partition coefficient (Wildman–Crippen LogP) is 2.67. The molecule has 1 aliphatic rings. The number of likely N-dealkylation sites (tertiary alicyclic amines) is 1. The summed E-state index contributed by atoms with van der Waals surface area (Å²) >= 11 is 0. The predicted molar refractivity (Wildman–Crippen MR) is 73.4 cm³/mol. The molecule has 1 heterocycles. The van der Waals surface area contributed by atoms with E-state index in [0.29, 0.717) is 19.5 Å². The molecule has 2 rings (SSSR count). The summed E-state index contributed by atoms with van der Waals surface area (Å²) in [6, 6.07) is 8.16. The third-order valence-corrected chi connectivity index (χ3v) is 3.78. The number of nitrogens with one attached hydrogen (secondary N) is 1. The minimum Gasteiger partial charge on any atom is -0.312 e. The smallest absolute Gasteiger partial charge is 0.264 e. The van der Waals surface area contributed by atoms with Crippen LogP contribution in [-0.2, 0) is 6.54 Å². The zero-order valence-corrected chi connectivity index (χ0v) is 11.6. The highest BCUT2D eigenvalue weighted by molar-refractivity contribution is 5.21. The summed E-state index contributed by atoms with van der Waals surface area (Å²) in [5, 5.41) is 3.16. The number of piperidine rings is 1. The van der Waals surface area contributed by atoms with Crippen LogP contribution >= 0.6 is 0 Å². The first-order valence-corrected chi connectivity index (χ1v) is 6.80. The third kappa shape index (κ3) is 3.98. The molecular weight excluding hydrogens is 246 g/mol. The standard InChI is InChI=1S/C15H22F2N2/c1-12-3-5-13(6-4-12)9-18-10-14-7-8-19(2)11-15(14,16)17/h3-6,14,18H,7-11H2,1-2H3/t14-/m0/s1. The fraction of sp³-hybridized carbons (Fsp3) is 0.600. The summed E-state index contributed by atoms with van der Waals surface area (Å²) in [4.78, 5) is 1.70. The molecule has 1 aliphatic heterocycles. The van der Waals surface area contributed by atoms with Crippen LogP contribution in [0.25, 0.3) is 0 Å². The van der Waals surface area contributed by atoms with E-state index in [1.54, 1.807) is 11.9 Å². The van der Waals surface area contributed by atoms with Crippen molar-refractivity contribution in [2.45, 2.75) is 25.8 Å². The first kappa shape index (κ1) is 14.4. The van der Waals surface area contributed by atoms with E-state index in [1.807, 2.05) is 31.2 Å². The molecule has 1 atom stereocenters. The van der Waals surface area contributed by atoms with E-state index >= 15 is 0 Å². The van der Waals surface area contributed by atoms with Crippen LogP contribution in [0.1, 0.15) is 17.5 Å². The van der Waals surface area contributed by atoms with Gasteiger partial charge in [-0.05, 0) is 32.5 Å². The maximum Gasteiger partial charge on any atom is 0.264 e. The molecule has 0 amide bonds. The number of hydrogen-bond donors (Lipinski definition) is 1. The second kappa shape index (κ2) is 5.97. The number of hydrogen-bond acceptors (Lipinski definition) is 2. The van der Waals surface area contributed by atoms with Crippen LogP contribution in [0.3, 0.4) is 0 Å². The molecule has 0 aliphatic carbocycles. The summed E-state index contributed by atoms with van der Waals surface area (Å²) in [5.74, 6) is -3.12. The lowest BCUT2D eigenvalue weighted by Crippen LogP contribution is -2.49. The van der Waals surface area contributed by atoms with Gasteiger partial charge in [0.25, 0.3) is 5.92 Å². The van der Waals surface area contributed by atoms with Crippen molar-refractivity contribution >= 4 is 0 Å². The average molecular weight is 268 g/mol. The van der Waals surface area contributed by atoms with Crippen LogP contribution in [0.2, 0.25) is 0 Å². The molecule has 4 heteroatoms. The topological polar surface area (TPSA) is 15.3 Å². The number of nitrogens with zero attached hydrogens (tertiary/aromatic N) is 1. The number of benzene rings is 1. The van der Waals surface area contributed by atoms with Gasteiger partial charge in [-0.15, -0.1) is 0 Å². The maximum atomic E-state index is 13.8. The van der Waals surface area contributed by atoms with Gasteiger partial charge in [-0.2, -0.15) is 0 Å². The molecule has 1 saturated heterocycles. The minimum absolute atomic E-state index is 0.121. The van der Waals surface area contributed by atoms with Crippen molar-refractivity contribution < 1.29 is 8.78 Å². The van der Waals surface area contributed by atoms with Crippen molar-refractivity contribution in [3.8, 4) is 0 Å². The van der Waals surface area contributed by atoms with Crippen LogP contribution in [0.4, 0.5) is 8.78 Å². The second-order valence-electron chi connectivity index (χ2n) is 5.60. The highest BCUT2D eigenvalue weighted by Gasteiger charge is 2.42. The summed E-state index contributed by atoms with van der Waals surface area (Å²) in [6.45, 7) is 3.71. The summed E-state index contributed by atoms with van der Waals surface area (Å²) in [5.41, 5.74) is 2.35. The molecule has 19 heavy (non-hydrogen) atoms. The average Bonchev–Trinajstić information content (AvgIpc) is 2.33. The molecule has 1 fully saturated rings. The molecule has 0 spiro atoms. The summed E-state index contributed by atoms with van der Waals surface area (Å²) in [7, 11) is 1.75. The zero-order chi connectivity index (χ0) is 13.9. The van der Waals surface area contributed by atoms with Crippen LogP contribution < -0.4 is 5.32 Å². The number of aryl methyl sites for hydroxylation is 1. The number of halogens is 2. The molecule has 0 saturated carbocycles. The highest BCUT2D eigenvalue weighted by atomic mass is 19.3. The zero-order valence-electron chi connectivity index (χ0n) is 11.6. The van der Waals surface area contributed by atoms with Crippen LogP contribution in [0, 0.1) is 12.8 Å². The lowest BCUT2D eigenvalue weighted by atomic mass is 9.93. The van der Waals surface area contributed by atoms with Crippen molar-refractivity contribution in [2.75, 3.05) is 26.7 Å². The van der Waals surface area contributed by atoms with Gasteiger partial charge >= 0.3 is 0 Å². The largest absolute Gasteiger partial charge is 0.312 e. The molecule has 106 valence electrons. The Morgan fingerprint density at radius 1 is 1.32 bits per heavy atom. The number of alkyl halides is 2. The van der Waals surface area contributed by atoms with Gasteiger partial charge in [0.2, 0.25) is 0 Å². The van der Waals surface area contributed by atoms with Crippen molar-refractivity contribution in [2.24, 2.45) is 5.92 Å². The molecule has 0 bridgehead atoms. The molecule has 0 unspecified atom stereocenters. The first-order chi connectivity index (χ1) is 8.97. The Morgan fingerprint density at radius 3 is 2.63 bits per heavy atom. The quantitative estimate of drug-likeness (QED) is 0.903. The van der Waals surface area contributed by atoms with Gasteiger partial charge < -0.3 is 10.2 Å². The van der Waals surface area contributed by atoms with E-state index in [0.717, 1.165) is 12.1 Å². The summed E-state index contributed by atoms with van der Waals surface area (Å²) in [6.07, 6.45) is 0.560. The Hall–Kier alpha value is -1.00. The summed E-state index contributed by atoms with van der Waals surface area (Å²) < 4.78 is 27.6. The van der Waals surface area contributed by atoms with Gasteiger partial charge in [0.05, 0.1) is 6.54 Å². The van der Waals surface area contributed by atoms with Crippen molar-refractivity contribution in [3.05, 3.63) is 35.4 Å². The Labute approximate surface area is 113 Å². The van der Waals surface area contributed by atoms with Crippen molar-refractivity contribution in [1.82, 2.24) is 10.2 Å². The lowest BCUT2D eigenvalue weighted by Gasteiger charge is -2.36. The Morgan fingerprint density at radius 2 is 2.00 bits per heavy atom. The van der Waals surface area contributed by atoms with E-state index in [1.165, 1.54) is 5.56 Å². The third-order valence-electron chi connectivity index (χ3n) is 3.78. The van der Waals surface area contributed by atoms with Gasteiger partial charge in [-0.25, -0.2) is 8.78 Å². The van der Waals surface area contributed by atoms with Crippen LogP contribution in [0.15, 0.2) is 24.3 Å². The minimum atomic E-state index is -2.58. The fourth-order valence-corrected chi connectivity index (χ4v) is 2.50. The molecule has 1 aromatic carbocycles. The molecular formula is C15H22F2N2. The molecule has 0 radical (unpaired) electrons. The van der Waals surface area contributed by atoms with Gasteiger partial charge in [0, 0.05) is 19.0 Å². The van der Waals surface area contributed by atoms with E-state index in [-0.39, 0.29) is 6.54 Å². The lowest BCUT2D eigenvalue weighted by molar-refractivity contribution is -0.104. The first-order valence-electron chi connectivity index (χ1n) is 6.80. The Balaban J connectivity index is 1.80. The van der Waals surface area contributed by atoms with Gasteiger partial charge in [-0.1, -0.05) is 29.8 Å². The van der Waals surface area contributed by atoms with Crippen molar-refractivity contribution in [1.29, 1.82) is 0 Å². The molecule has 1 aromatic rings. The van der Waals surface area contributed by atoms with Gasteiger partial charge in [-0.3, -0.25) is 0 Å². The SMILES string of the molecule is Cc1ccc(CNC[C@@H]2CCN(C)CC2(F)F)cc1. The molecule has 1 N–H and O–H groups in total. The number of rotatable bonds is 4. The van der Waals surface area contributed by atoms with E-state index in [2.05, 4.69) is 5.32 Å². The van der Waals surface area contributed by atoms with Crippen molar-refractivity contribution in [3.63, 3.8) is 0 Å². The van der Waals surface area contributed by atoms with Crippen LogP contribution in [0.5, 0.6) is 0 Å². The fourth-order valence-electron chi connectivity index (χ4n) is 2.50. The highest BCUT2D eigenvalue weighted by Crippen LogP contribution is 2.31. The Bertz CT molecular complexity index is 403. The normalized spacial score (nSPS) is 23.5. The van der Waals surface area contributed by atoms with Gasteiger partial charge in [0.1, 0.15) is 0 Å². The van der Waals surface area contributed by atoms with E-state index < -0.39 is 11.8 Å². The Kier molecular flexibility index (Phi) is 4.53. The van der Waals surface area contributed by atoms with E-state index in [4.69, 9.17) is 0 Å². The molecule has 0 aromatic heterocycles. The van der Waals surface area contributed by atoms with Crippen LogP contribution in [-0.4, -0.2) is 37.5 Å². The maximum absolute atomic E-state index is 13.8. The monoisotopic (exact) mass is 268 g/mol. The second-order valence-corrected chi connectivity index (χ2v) is 5.60.